The predicted molar refractivity (Wildman–Crippen MR) is 96.5 cm³/mol. The molecule has 2 aromatic rings. The first-order chi connectivity index (χ1) is 12.1. The van der Waals surface area contributed by atoms with Gasteiger partial charge in [-0.3, -0.25) is 14.4 Å². The Bertz CT molecular complexity index is 728. The molecule has 0 heterocycles. The standard InChI is InChI=1S/C21H18O4/c22-15-20(25)21(18(23)13-11-16-7-3-1-4-8-16)19(24)14-12-17-9-5-2-6-10-17/h1-14,21-22H,15H2. The van der Waals surface area contributed by atoms with Crippen molar-refractivity contribution in [2.24, 2.45) is 5.92 Å². The van der Waals surface area contributed by atoms with E-state index in [9.17, 15) is 14.4 Å². The zero-order chi connectivity index (χ0) is 18.1. The maximum Gasteiger partial charge on any atom is 0.176 e. The first-order valence-electron chi connectivity index (χ1n) is 7.79. The summed E-state index contributed by atoms with van der Waals surface area (Å²) in [5.74, 6) is -3.63. The second-order valence-corrected chi connectivity index (χ2v) is 5.35. The van der Waals surface area contributed by atoms with Gasteiger partial charge in [-0.1, -0.05) is 72.8 Å². The fourth-order valence-electron chi connectivity index (χ4n) is 2.23. The number of carbonyl (C=O) groups is 3. The number of benzene rings is 2. The van der Waals surface area contributed by atoms with Gasteiger partial charge in [0.2, 0.25) is 0 Å². The Labute approximate surface area is 146 Å². The normalized spacial score (nSPS) is 12.4. The van der Waals surface area contributed by atoms with Gasteiger partial charge in [0.05, 0.1) is 0 Å². The van der Waals surface area contributed by atoms with Crippen molar-refractivity contribution in [1.82, 2.24) is 0 Å². The van der Waals surface area contributed by atoms with Crippen molar-refractivity contribution < 1.29 is 19.5 Å². The van der Waals surface area contributed by atoms with Crippen molar-refractivity contribution in [3.8, 4) is 0 Å². The largest absolute Gasteiger partial charge is 0.389 e. The highest BCUT2D eigenvalue weighted by molar-refractivity contribution is 6.26. The third-order valence-corrected chi connectivity index (χ3v) is 3.53. The van der Waals surface area contributed by atoms with Gasteiger partial charge in [-0.2, -0.15) is 0 Å². The van der Waals surface area contributed by atoms with Gasteiger partial charge >= 0.3 is 0 Å². The summed E-state index contributed by atoms with van der Waals surface area (Å²) in [6.45, 7) is -0.861. The average molecular weight is 334 g/mol. The summed E-state index contributed by atoms with van der Waals surface area (Å²) in [7, 11) is 0. The zero-order valence-corrected chi connectivity index (χ0v) is 13.5. The predicted octanol–water partition coefficient (Wildman–Crippen LogP) is 2.73. The quantitative estimate of drug-likeness (QED) is 0.595. The van der Waals surface area contributed by atoms with E-state index >= 15 is 0 Å². The molecule has 2 aromatic carbocycles. The van der Waals surface area contributed by atoms with E-state index in [1.165, 1.54) is 24.3 Å². The third-order valence-electron chi connectivity index (χ3n) is 3.53. The summed E-state index contributed by atoms with van der Waals surface area (Å²) in [4.78, 5) is 36.5. The van der Waals surface area contributed by atoms with Crippen LogP contribution in [0.4, 0.5) is 0 Å². The van der Waals surface area contributed by atoms with E-state index in [0.717, 1.165) is 11.1 Å². The van der Waals surface area contributed by atoms with Gasteiger partial charge in [-0.25, -0.2) is 0 Å². The number of aliphatic hydroxyl groups is 1. The Morgan fingerprint density at radius 1 is 0.760 bits per heavy atom. The number of ketones is 3. The van der Waals surface area contributed by atoms with Crippen LogP contribution in [0.5, 0.6) is 0 Å². The highest BCUT2D eigenvalue weighted by Crippen LogP contribution is 2.10. The molecule has 0 amide bonds. The maximum atomic E-state index is 12.3. The molecule has 0 aliphatic heterocycles. The van der Waals surface area contributed by atoms with Crippen molar-refractivity contribution >= 4 is 29.5 Å². The van der Waals surface area contributed by atoms with Gasteiger partial charge in [0, 0.05) is 0 Å². The van der Waals surface area contributed by atoms with Crippen LogP contribution in [0.15, 0.2) is 72.8 Å². The lowest BCUT2D eigenvalue weighted by atomic mass is 9.93. The maximum absolute atomic E-state index is 12.3. The summed E-state index contributed by atoms with van der Waals surface area (Å²) in [6, 6.07) is 18.1. The lowest BCUT2D eigenvalue weighted by Gasteiger charge is -2.07. The van der Waals surface area contributed by atoms with Crippen LogP contribution in [0.3, 0.4) is 0 Å². The molecule has 0 aliphatic carbocycles. The molecule has 0 spiro atoms. The lowest BCUT2D eigenvalue weighted by Crippen LogP contribution is -2.31. The number of allylic oxidation sites excluding steroid dienone is 2. The van der Waals surface area contributed by atoms with Crippen LogP contribution < -0.4 is 0 Å². The van der Waals surface area contributed by atoms with Crippen LogP contribution in [0.1, 0.15) is 11.1 Å². The lowest BCUT2D eigenvalue weighted by molar-refractivity contribution is -0.137. The zero-order valence-electron chi connectivity index (χ0n) is 13.5. The van der Waals surface area contributed by atoms with Gasteiger partial charge in [0.25, 0.3) is 0 Å². The SMILES string of the molecule is O=C(C=Cc1ccccc1)C(C(=O)C=Cc1ccccc1)C(=O)CO. The Hall–Kier alpha value is -3.11. The molecule has 0 fully saturated rings. The first-order valence-corrected chi connectivity index (χ1v) is 7.79. The van der Waals surface area contributed by atoms with Crippen LogP contribution in [0.25, 0.3) is 12.2 Å². The van der Waals surface area contributed by atoms with Gasteiger partial charge in [0.15, 0.2) is 17.3 Å². The molecule has 0 saturated carbocycles. The van der Waals surface area contributed by atoms with Crippen LogP contribution in [-0.4, -0.2) is 29.1 Å². The van der Waals surface area contributed by atoms with Crippen molar-refractivity contribution in [3.05, 3.63) is 83.9 Å². The number of aliphatic hydroxyl groups excluding tert-OH is 1. The van der Waals surface area contributed by atoms with Crippen molar-refractivity contribution in [2.75, 3.05) is 6.61 Å². The van der Waals surface area contributed by atoms with E-state index in [1.54, 1.807) is 24.3 Å². The summed E-state index contributed by atoms with van der Waals surface area (Å²) >= 11 is 0. The third kappa shape index (κ3) is 5.48. The summed E-state index contributed by atoms with van der Waals surface area (Å²) in [6.07, 6.45) is 5.46. The summed E-state index contributed by atoms with van der Waals surface area (Å²) < 4.78 is 0. The highest BCUT2D eigenvalue weighted by atomic mass is 16.3. The molecule has 0 aliphatic rings. The van der Waals surface area contributed by atoms with E-state index < -0.39 is 29.9 Å². The van der Waals surface area contributed by atoms with Crippen LogP contribution >= 0.6 is 0 Å². The Morgan fingerprint density at radius 2 is 1.16 bits per heavy atom. The Morgan fingerprint density at radius 3 is 1.52 bits per heavy atom. The smallest absolute Gasteiger partial charge is 0.176 e. The number of Topliss-reactive ketones (excluding diaryl/α,β-unsaturated/α-hetero) is 1. The molecular weight excluding hydrogens is 316 g/mol. The molecule has 0 unspecified atom stereocenters. The van der Waals surface area contributed by atoms with Crippen molar-refractivity contribution in [1.29, 1.82) is 0 Å². The molecule has 1 N–H and O–H groups in total. The molecule has 0 aromatic heterocycles. The van der Waals surface area contributed by atoms with E-state index in [4.69, 9.17) is 5.11 Å². The van der Waals surface area contributed by atoms with Gasteiger partial charge in [-0.05, 0) is 23.3 Å². The second-order valence-electron chi connectivity index (χ2n) is 5.35. The Kier molecular flexibility index (Phi) is 6.75. The molecule has 4 heteroatoms. The second kappa shape index (κ2) is 9.25. The van der Waals surface area contributed by atoms with Crippen LogP contribution in [0, 0.1) is 5.92 Å². The first kappa shape index (κ1) is 18.2. The minimum Gasteiger partial charge on any atom is -0.389 e. The molecule has 0 saturated heterocycles. The van der Waals surface area contributed by atoms with Crippen molar-refractivity contribution in [2.45, 2.75) is 0 Å². The minimum absolute atomic E-state index is 0.648. The topological polar surface area (TPSA) is 71.4 Å². The van der Waals surface area contributed by atoms with Crippen molar-refractivity contribution in [3.63, 3.8) is 0 Å². The molecule has 4 nitrogen and oxygen atoms in total. The molecule has 2 rings (SSSR count). The fourth-order valence-corrected chi connectivity index (χ4v) is 2.23. The van der Waals surface area contributed by atoms with Gasteiger partial charge in [-0.15, -0.1) is 0 Å². The van der Waals surface area contributed by atoms with Crippen LogP contribution in [-0.2, 0) is 14.4 Å². The van der Waals surface area contributed by atoms with E-state index in [1.807, 2.05) is 36.4 Å². The number of rotatable bonds is 8. The molecule has 0 radical (unpaired) electrons. The average Bonchev–Trinajstić information content (AvgIpc) is 2.66. The van der Waals surface area contributed by atoms with Crippen LogP contribution in [0.2, 0.25) is 0 Å². The molecular formula is C21H18O4. The van der Waals surface area contributed by atoms with Gasteiger partial charge < -0.3 is 5.11 Å². The van der Waals surface area contributed by atoms with Gasteiger partial charge in [0.1, 0.15) is 12.5 Å². The Balaban J connectivity index is 2.16. The van der Waals surface area contributed by atoms with E-state index in [2.05, 4.69) is 0 Å². The summed E-state index contributed by atoms with van der Waals surface area (Å²) in [5.41, 5.74) is 1.55. The molecule has 126 valence electrons. The molecule has 0 atom stereocenters. The highest BCUT2D eigenvalue weighted by Gasteiger charge is 2.29. The van der Waals surface area contributed by atoms with E-state index in [0.29, 0.717) is 0 Å². The minimum atomic E-state index is -1.52. The summed E-state index contributed by atoms with van der Waals surface area (Å²) in [5, 5.41) is 9.07. The number of carbonyl (C=O) groups excluding carboxylic acids is 3. The molecule has 0 bridgehead atoms. The van der Waals surface area contributed by atoms with E-state index in [-0.39, 0.29) is 0 Å². The monoisotopic (exact) mass is 334 g/mol. The molecule has 25 heavy (non-hydrogen) atoms. The fraction of sp³-hybridized carbons (Fsp3) is 0.0952. The number of hydrogen-bond acceptors (Lipinski definition) is 4. The number of hydrogen-bond donors (Lipinski definition) is 1.